The number of benzene rings is 2. The fourth-order valence-corrected chi connectivity index (χ4v) is 5.68. The second-order valence-corrected chi connectivity index (χ2v) is 11.2. The summed E-state index contributed by atoms with van der Waals surface area (Å²) in [5.41, 5.74) is 1.93. The Morgan fingerprint density at radius 3 is 2.09 bits per heavy atom. The molecular weight excluding hydrogens is 468 g/mol. The third-order valence-electron chi connectivity index (χ3n) is 6.34. The zero-order chi connectivity index (χ0) is 24.8. The highest BCUT2D eigenvalue weighted by Crippen LogP contribution is 2.26. The summed E-state index contributed by atoms with van der Waals surface area (Å²) in [6.07, 6.45) is 1.45. The van der Waals surface area contributed by atoms with Crippen LogP contribution in [0.25, 0.3) is 11.1 Å². The summed E-state index contributed by atoms with van der Waals surface area (Å²) in [6, 6.07) is 14.8. The summed E-state index contributed by atoms with van der Waals surface area (Å²) in [5.74, 6) is 1.20. The lowest BCUT2D eigenvalue weighted by molar-refractivity contribution is 0.0608. The Bertz CT molecular complexity index is 1070. The van der Waals surface area contributed by atoms with E-state index in [1.807, 2.05) is 50.2 Å². The van der Waals surface area contributed by atoms with Gasteiger partial charge in [0.1, 0.15) is 5.75 Å². The number of piperidine rings is 1. The van der Waals surface area contributed by atoms with Gasteiger partial charge in [0, 0.05) is 26.2 Å². The molecule has 0 N–H and O–H groups in total. The van der Waals surface area contributed by atoms with Crippen molar-refractivity contribution in [2.75, 3.05) is 46.0 Å². The highest BCUT2D eigenvalue weighted by Gasteiger charge is 2.26. The average molecular weight is 503 g/mol. The summed E-state index contributed by atoms with van der Waals surface area (Å²) in [6.45, 7) is 7.33. The largest absolute Gasteiger partial charge is 0.493 e. The van der Waals surface area contributed by atoms with Crippen LogP contribution in [0.15, 0.2) is 53.4 Å². The van der Waals surface area contributed by atoms with Crippen LogP contribution in [0.3, 0.4) is 0 Å². The molecule has 9 heteroatoms. The number of hydrogen-bond acceptors (Lipinski definition) is 6. The molecule has 2 aliphatic rings. The van der Waals surface area contributed by atoms with E-state index in [2.05, 4.69) is 0 Å². The van der Waals surface area contributed by atoms with Crippen molar-refractivity contribution in [3.05, 3.63) is 48.5 Å². The van der Waals surface area contributed by atoms with Crippen LogP contribution >= 0.6 is 0 Å². The Kier molecular flexibility index (Phi) is 8.30. The molecule has 8 nitrogen and oxygen atoms in total. The number of sulfonamides is 1. The van der Waals surface area contributed by atoms with Crippen LogP contribution in [-0.4, -0.2) is 75.8 Å². The highest BCUT2D eigenvalue weighted by molar-refractivity contribution is 7.89. The van der Waals surface area contributed by atoms with E-state index in [1.165, 1.54) is 4.31 Å². The molecule has 0 aromatic heterocycles. The van der Waals surface area contributed by atoms with E-state index in [1.54, 1.807) is 17.0 Å². The summed E-state index contributed by atoms with van der Waals surface area (Å²) in [4.78, 5) is 14.1. The molecule has 0 saturated carbocycles. The molecule has 2 fully saturated rings. The third-order valence-corrected chi connectivity index (χ3v) is 8.26. The van der Waals surface area contributed by atoms with Crippen molar-refractivity contribution in [2.24, 2.45) is 5.92 Å². The van der Waals surface area contributed by atoms with E-state index >= 15 is 0 Å². The fraction of sp³-hybridized carbons (Fsp3) is 0.500. The molecule has 2 saturated heterocycles. The van der Waals surface area contributed by atoms with Gasteiger partial charge in [-0.15, -0.1) is 0 Å². The predicted octanol–water partition coefficient (Wildman–Crippen LogP) is 4.01. The van der Waals surface area contributed by atoms with Gasteiger partial charge in [0.2, 0.25) is 10.0 Å². The topological polar surface area (TPSA) is 85.4 Å². The molecule has 2 heterocycles. The quantitative estimate of drug-likeness (QED) is 0.569. The summed E-state index contributed by atoms with van der Waals surface area (Å²) >= 11 is 0. The van der Waals surface area contributed by atoms with Gasteiger partial charge in [0.15, 0.2) is 0 Å². The maximum absolute atomic E-state index is 12.8. The first kappa shape index (κ1) is 25.5. The minimum absolute atomic E-state index is 0.104. The number of ether oxygens (including phenoxy) is 3. The third kappa shape index (κ3) is 6.54. The smallest absolute Gasteiger partial charge is 0.410 e. The SMILES string of the molecule is CC(C)OC(=O)N1CCC(COc2ccc(-c3ccc(S(=O)(=O)N4CCOCC4)cc3)cc2)CC1. The van der Waals surface area contributed by atoms with Crippen molar-refractivity contribution < 1.29 is 27.4 Å². The van der Waals surface area contributed by atoms with Crippen LogP contribution in [0.1, 0.15) is 26.7 Å². The number of carbonyl (C=O) groups is 1. The molecule has 1 amide bonds. The van der Waals surface area contributed by atoms with Crippen LogP contribution in [-0.2, 0) is 19.5 Å². The molecule has 190 valence electrons. The van der Waals surface area contributed by atoms with Crippen molar-refractivity contribution in [2.45, 2.75) is 37.7 Å². The molecule has 4 rings (SSSR count). The van der Waals surface area contributed by atoms with Gasteiger partial charge in [0.25, 0.3) is 0 Å². The zero-order valence-corrected chi connectivity index (χ0v) is 21.2. The first-order chi connectivity index (χ1) is 16.8. The Balaban J connectivity index is 1.28. The monoisotopic (exact) mass is 502 g/mol. The van der Waals surface area contributed by atoms with Crippen LogP contribution < -0.4 is 4.74 Å². The van der Waals surface area contributed by atoms with E-state index in [-0.39, 0.29) is 12.2 Å². The van der Waals surface area contributed by atoms with Crippen LogP contribution in [0.2, 0.25) is 0 Å². The number of morpholine rings is 1. The summed E-state index contributed by atoms with van der Waals surface area (Å²) < 4.78 is 43.6. The van der Waals surface area contributed by atoms with Crippen molar-refractivity contribution in [3.8, 4) is 16.9 Å². The molecule has 2 aliphatic heterocycles. The summed E-state index contributed by atoms with van der Waals surface area (Å²) in [7, 11) is -3.49. The van der Waals surface area contributed by atoms with Gasteiger partial charge in [-0.05, 0) is 68.0 Å². The van der Waals surface area contributed by atoms with Gasteiger partial charge in [-0.25, -0.2) is 13.2 Å². The molecule has 0 bridgehead atoms. The van der Waals surface area contributed by atoms with Gasteiger partial charge >= 0.3 is 6.09 Å². The van der Waals surface area contributed by atoms with E-state index in [0.717, 1.165) is 29.7 Å². The first-order valence-corrected chi connectivity index (χ1v) is 13.6. The van der Waals surface area contributed by atoms with Crippen molar-refractivity contribution >= 4 is 16.1 Å². The zero-order valence-electron chi connectivity index (χ0n) is 20.4. The number of nitrogens with zero attached hydrogens (tertiary/aromatic N) is 2. The fourth-order valence-electron chi connectivity index (χ4n) is 4.27. The number of carbonyl (C=O) groups excluding carboxylic acids is 1. The van der Waals surface area contributed by atoms with E-state index in [9.17, 15) is 13.2 Å². The van der Waals surface area contributed by atoms with Gasteiger partial charge in [-0.1, -0.05) is 24.3 Å². The first-order valence-electron chi connectivity index (χ1n) is 12.2. The van der Waals surface area contributed by atoms with Gasteiger partial charge in [-0.2, -0.15) is 4.31 Å². The van der Waals surface area contributed by atoms with Crippen LogP contribution in [0.4, 0.5) is 4.79 Å². The minimum Gasteiger partial charge on any atom is -0.493 e. The number of amides is 1. The lowest BCUT2D eigenvalue weighted by atomic mass is 9.98. The average Bonchev–Trinajstić information content (AvgIpc) is 2.88. The highest BCUT2D eigenvalue weighted by atomic mass is 32.2. The van der Waals surface area contributed by atoms with Gasteiger partial charge in [-0.3, -0.25) is 0 Å². The lowest BCUT2D eigenvalue weighted by Crippen LogP contribution is -2.40. The molecule has 0 aliphatic carbocycles. The summed E-state index contributed by atoms with van der Waals surface area (Å²) in [5, 5.41) is 0. The molecule has 2 aromatic carbocycles. The second kappa shape index (κ2) is 11.4. The normalized spacial score (nSPS) is 18.0. The number of rotatable bonds is 7. The van der Waals surface area contributed by atoms with Crippen molar-refractivity contribution in [3.63, 3.8) is 0 Å². The molecule has 2 aromatic rings. The Morgan fingerprint density at radius 2 is 1.51 bits per heavy atom. The number of hydrogen-bond donors (Lipinski definition) is 0. The molecular formula is C26H34N2O6S. The standard InChI is InChI=1S/C26H34N2O6S/c1-20(2)34-26(29)27-13-11-21(12-14-27)19-33-24-7-3-22(4-8-24)23-5-9-25(10-6-23)35(30,31)28-15-17-32-18-16-28/h3-10,20-21H,11-19H2,1-2H3. The maximum atomic E-state index is 12.8. The lowest BCUT2D eigenvalue weighted by Gasteiger charge is -2.31. The molecule has 0 radical (unpaired) electrons. The molecule has 0 unspecified atom stereocenters. The van der Waals surface area contributed by atoms with E-state index < -0.39 is 10.0 Å². The van der Waals surface area contributed by atoms with Crippen LogP contribution in [0.5, 0.6) is 5.75 Å². The molecule has 35 heavy (non-hydrogen) atoms. The molecule has 0 atom stereocenters. The Morgan fingerprint density at radius 1 is 0.943 bits per heavy atom. The van der Waals surface area contributed by atoms with E-state index in [4.69, 9.17) is 14.2 Å². The van der Waals surface area contributed by atoms with Crippen molar-refractivity contribution in [1.29, 1.82) is 0 Å². The predicted molar refractivity (Wildman–Crippen MR) is 133 cm³/mol. The van der Waals surface area contributed by atoms with E-state index in [0.29, 0.717) is 56.8 Å². The molecule has 0 spiro atoms. The second-order valence-electron chi connectivity index (χ2n) is 9.24. The maximum Gasteiger partial charge on any atom is 0.410 e. The van der Waals surface area contributed by atoms with Crippen molar-refractivity contribution in [1.82, 2.24) is 9.21 Å². The van der Waals surface area contributed by atoms with Gasteiger partial charge < -0.3 is 19.1 Å². The number of likely N-dealkylation sites (tertiary alicyclic amines) is 1. The Labute approximate surface area is 207 Å². The Hall–Kier alpha value is -2.62. The van der Waals surface area contributed by atoms with Crippen LogP contribution in [0, 0.1) is 5.92 Å². The van der Waals surface area contributed by atoms with Gasteiger partial charge in [0.05, 0.1) is 30.8 Å². The minimum atomic E-state index is -3.49.